The van der Waals surface area contributed by atoms with E-state index in [2.05, 4.69) is 41.5 Å². The minimum Gasteiger partial charge on any atom is -0.466 e. The smallest absolute Gasteiger partial charge is 0.161 e. The Kier molecular flexibility index (Phi) is 12.8. The fourth-order valence-corrected chi connectivity index (χ4v) is 3.87. The van der Waals surface area contributed by atoms with Crippen LogP contribution in [0, 0.1) is 11.8 Å². The van der Waals surface area contributed by atoms with Crippen LogP contribution in [0.3, 0.4) is 0 Å². The molecule has 0 unspecified atom stereocenters. The van der Waals surface area contributed by atoms with E-state index in [1.54, 1.807) is 0 Å². The second-order valence-electron chi connectivity index (χ2n) is 4.16. The van der Waals surface area contributed by atoms with E-state index >= 15 is 0 Å². The lowest BCUT2D eigenvalue weighted by atomic mass is 10.0. The number of hydrogen-bond donors (Lipinski definition) is 0. The third-order valence-corrected chi connectivity index (χ3v) is 7.07. The highest BCUT2D eigenvalue weighted by Crippen LogP contribution is 2.05. The van der Waals surface area contributed by atoms with Gasteiger partial charge in [0.25, 0.3) is 0 Å². The molecule has 0 bridgehead atoms. The van der Waals surface area contributed by atoms with Gasteiger partial charge in [-0.25, -0.2) is 0 Å². The molecule has 0 aliphatic heterocycles. The molecule has 0 aliphatic rings. The molecule has 0 aromatic carbocycles. The third kappa shape index (κ3) is 12.4. The highest BCUT2D eigenvalue weighted by molar-refractivity contribution is 6.55. The molecule has 82 valence electrons. The zero-order chi connectivity index (χ0) is 10.9. The molecule has 0 aliphatic carbocycles. The number of hydrogen-bond acceptors (Lipinski definition) is 1. The molecular weight excluding hydrogens is 192 g/mol. The third-order valence-electron chi connectivity index (χ3n) is 2.58. The normalized spacial score (nSPS) is 10.8. The van der Waals surface area contributed by atoms with Crippen molar-refractivity contribution in [2.75, 3.05) is 0 Å². The first-order chi connectivity index (χ1) is 5.99. The summed E-state index contributed by atoms with van der Waals surface area (Å²) in [4.78, 5) is 0. The van der Waals surface area contributed by atoms with Crippen LogP contribution in [-0.2, 0) is 4.12 Å². The predicted molar refractivity (Wildman–Crippen MR) is 68.8 cm³/mol. The summed E-state index contributed by atoms with van der Waals surface area (Å²) < 4.78 is 5.33. The molecule has 1 nitrogen and oxygen atoms in total. The topological polar surface area (TPSA) is 9.23 Å². The lowest BCUT2D eigenvalue weighted by Gasteiger charge is -2.05. The molecule has 0 aromatic rings. The van der Waals surface area contributed by atoms with Crippen LogP contribution in [0.2, 0.25) is 12.1 Å². The Balaban J connectivity index is 0. The van der Waals surface area contributed by atoms with Crippen LogP contribution in [0.25, 0.3) is 0 Å². The van der Waals surface area contributed by atoms with E-state index < -0.39 is 9.04 Å². The van der Waals surface area contributed by atoms with Gasteiger partial charge in [-0.15, -0.1) is 0 Å². The minimum absolute atomic E-state index is 0.610. The van der Waals surface area contributed by atoms with Crippen LogP contribution >= 0.6 is 0 Å². The Hall–Kier alpha value is 0.394. The van der Waals surface area contributed by atoms with Gasteiger partial charge in [0.05, 0.1) is 0 Å². The molecule has 0 amide bonds. The van der Waals surface area contributed by atoms with Crippen molar-refractivity contribution < 1.29 is 4.12 Å². The molecule has 13 heavy (non-hydrogen) atoms. The van der Waals surface area contributed by atoms with Gasteiger partial charge in [-0.3, -0.25) is 0 Å². The zero-order valence-electron chi connectivity index (χ0n) is 10.6. The molecule has 0 spiro atoms. The molecule has 0 saturated heterocycles. The Bertz CT molecular complexity index is 79.4. The Labute approximate surface area is 89.5 Å². The van der Waals surface area contributed by atoms with E-state index in [1.165, 1.54) is 12.1 Å². The van der Waals surface area contributed by atoms with E-state index in [9.17, 15) is 0 Å². The van der Waals surface area contributed by atoms with Crippen molar-refractivity contribution in [3.05, 3.63) is 0 Å². The lowest BCUT2D eigenvalue weighted by Crippen LogP contribution is -2.12. The molecule has 0 N–H and O–H groups in total. The van der Waals surface area contributed by atoms with E-state index in [4.69, 9.17) is 4.12 Å². The summed E-state index contributed by atoms with van der Waals surface area (Å²) in [7, 11) is 0.344. The number of rotatable bonds is 4. The van der Waals surface area contributed by atoms with Crippen molar-refractivity contribution in [3.8, 4) is 0 Å². The maximum Gasteiger partial charge on any atom is 0.161 e. The van der Waals surface area contributed by atoms with Crippen molar-refractivity contribution in [2.24, 2.45) is 11.8 Å². The van der Waals surface area contributed by atoms with Crippen LogP contribution in [0.5, 0.6) is 0 Å². The molecule has 0 heterocycles. The van der Waals surface area contributed by atoms with Crippen LogP contribution < -0.4 is 0 Å². The fourth-order valence-electron chi connectivity index (χ4n) is 0.622. The largest absolute Gasteiger partial charge is 0.466 e. The Morgan fingerprint density at radius 3 is 1.31 bits per heavy atom. The molecule has 0 saturated carbocycles. The van der Waals surface area contributed by atoms with Crippen molar-refractivity contribution in [1.29, 1.82) is 0 Å². The van der Waals surface area contributed by atoms with E-state index in [0.29, 0.717) is 0 Å². The molecule has 3 heteroatoms. The van der Waals surface area contributed by atoms with E-state index in [-0.39, 0.29) is 0 Å². The first-order valence-corrected chi connectivity index (χ1v) is 8.44. The maximum absolute atomic E-state index is 5.33. The minimum atomic E-state index is -0.610. The molecule has 0 radical (unpaired) electrons. The van der Waals surface area contributed by atoms with Gasteiger partial charge in [0.15, 0.2) is 9.04 Å². The van der Waals surface area contributed by atoms with Gasteiger partial charge in [0.1, 0.15) is 10.5 Å². The summed E-state index contributed by atoms with van der Waals surface area (Å²) in [5.41, 5.74) is 0. The zero-order valence-corrected chi connectivity index (χ0v) is 13.7. The average Bonchev–Trinajstić information content (AvgIpc) is 2.08. The summed E-state index contributed by atoms with van der Waals surface area (Å²) in [6.07, 6.45) is 0. The van der Waals surface area contributed by atoms with Gasteiger partial charge < -0.3 is 4.12 Å². The highest BCUT2D eigenvalue weighted by atomic mass is 28.3. The molecule has 0 fully saturated rings. The monoisotopic (exact) mass is 220 g/mol. The van der Waals surface area contributed by atoms with Gasteiger partial charge in [-0.2, -0.15) is 0 Å². The van der Waals surface area contributed by atoms with Gasteiger partial charge in [0, 0.05) is 0 Å². The van der Waals surface area contributed by atoms with Gasteiger partial charge in [-0.05, 0) is 23.9 Å². The summed E-state index contributed by atoms with van der Waals surface area (Å²) >= 11 is 0. The average molecular weight is 221 g/mol. The summed E-state index contributed by atoms with van der Waals surface area (Å²) in [6, 6.07) is 2.61. The van der Waals surface area contributed by atoms with Crippen molar-refractivity contribution in [3.63, 3.8) is 0 Å². The maximum atomic E-state index is 5.33. The van der Waals surface area contributed by atoms with Gasteiger partial charge in [0.2, 0.25) is 0 Å². The Morgan fingerprint density at radius 2 is 1.31 bits per heavy atom. The second-order valence-corrected chi connectivity index (χ2v) is 8.92. The van der Waals surface area contributed by atoms with Crippen LogP contribution in [0.1, 0.15) is 41.5 Å². The quantitative estimate of drug-likeness (QED) is 0.661. The van der Waals surface area contributed by atoms with Gasteiger partial charge in [-0.1, -0.05) is 41.5 Å². The van der Waals surface area contributed by atoms with Crippen molar-refractivity contribution in [2.45, 2.75) is 53.6 Å². The fraction of sp³-hybridized carbons (Fsp3) is 1.00. The molecule has 0 rings (SSSR count). The molecular formula is C10H28OSi2. The van der Waals surface area contributed by atoms with Crippen molar-refractivity contribution in [1.82, 2.24) is 0 Å². The first kappa shape index (κ1) is 15.8. The van der Waals surface area contributed by atoms with Crippen LogP contribution in [0.4, 0.5) is 0 Å². The van der Waals surface area contributed by atoms with Crippen LogP contribution in [-0.4, -0.2) is 19.5 Å². The van der Waals surface area contributed by atoms with Crippen LogP contribution in [0.15, 0.2) is 0 Å². The lowest BCUT2D eigenvalue weighted by molar-refractivity contribution is 0.457. The summed E-state index contributed by atoms with van der Waals surface area (Å²) in [5, 5.41) is 0. The van der Waals surface area contributed by atoms with Gasteiger partial charge >= 0.3 is 0 Å². The van der Waals surface area contributed by atoms with Crippen molar-refractivity contribution >= 4 is 19.5 Å². The van der Waals surface area contributed by atoms with E-state index in [0.717, 1.165) is 22.3 Å². The molecule has 0 aromatic heterocycles. The standard InChI is InChI=1S/C6H14.C4H14OSi2/c1-5(2)6(3)4;1-3-7(4-2)5-6/h5-6H,1-4H3;7H,3-4H2,1-2,6H3. The second kappa shape index (κ2) is 10.5. The highest BCUT2D eigenvalue weighted by Gasteiger charge is 1.99. The summed E-state index contributed by atoms with van der Waals surface area (Å²) in [6.45, 7) is 13.4. The molecule has 0 atom stereocenters. The SMILES string of the molecule is CC(C)C(C)C.CC[SiH](CC)O[SiH3]. The van der Waals surface area contributed by atoms with E-state index in [1.807, 2.05) is 0 Å². The first-order valence-electron chi connectivity index (χ1n) is 5.52. The Morgan fingerprint density at radius 1 is 1.00 bits per heavy atom. The predicted octanol–water partition coefficient (Wildman–Crippen LogP) is 2.35. The summed E-state index contributed by atoms with van der Waals surface area (Å²) in [5.74, 6) is 1.70.